The third-order valence-corrected chi connectivity index (χ3v) is 2.81. The molecule has 0 unspecified atom stereocenters. The molecule has 2 rings (SSSR count). The van der Waals surface area contributed by atoms with Crippen LogP contribution in [-0.2, 0) is 4.79 Å². The highest BCUT2D eigenvalue weighted by molar-refractivity contribution is 5.75. The van der Waals surface area contributed by atoms with Gasteiger partial charge in [-0.2, -0.15) is 0 Å². The fourth-order valence-corrected chi connectivity index (χ4v) is 1.81. The minimum absolute atomic E-state index is 0.226. The van der Waals surface area contributed by atoms with E-state index in [9.17, 15) is 4.79 Å². The molecule has 0 aromatic carbocycles. The Morgan fingerprint density at radius 2 is 1.92 bits per heavy atom. The van der Waals surface area contributed by atoms with E-state index < -0.39 is 0 Å². The summed E-state index contributed by atoms with van der Waals surface area (Å²) in [7, 11) is 0. The maximum absolute atomic E-state index is 11.4. The molecule has 1 N–H and O–H groups in total. The zero-order valence-corrected chi connectivity index (χ0v) is 8.09. The van der Waals surface area contributed by atoms with E-state index in [4.69, 9.17) is 0 Å². The summed E-state index contributed by atoms with van der Waals surface area (Å²) >= 11 is 0. The number of carbonyl (C=O) groups excluding carboxylic acids is 1. The van der Waals surface area contributed by atoms with E-state index in [1.165, 1.54) is 32.1 Å². The van der Waals surface area contributed by atoms with Gasteiger partial charge in [0.05, 0.1) is 0 Å². The summed E-state index contributed by atoms with van der Waals surface area (Å²) in [6, 6.07) is 0. The molecule has 0 aromatic heterocycles. The first-order valence-corrected chi connectivity index (χ1v) is 5.39. The Labute approximate surface area is 79.5 Å². The van der Waals surface area contributed by atoms with Gasteiger partial charge in [0.2, 0.25) is 5.91 Å². The Hall–Kier alpha value is -0.570. The molecule has 1 saturated carbocycles. The van der Waals surface area contributed by atoms with Crippen molar-refractivity contribution in [1.82, 2.24) is 10.4 Å². The number of rotatable bonds is 3. The number of amides is 1. The van der Waals surface area contributed by atoms with Crippen molar-refractivity contribution in [2.75, 3.05) is 13.1 Å². The molecule has 2 fully saturated rings. The molecule has 3 heteroatoms. The number of hydrazine groups is 1. The summed E-state index contributed by atoms with van der Waals surface area (Å²) in [6.45, 7) is 2.08. The normalized spacial score (nSPS) is 24.3. The third-order valence-electron chi connectivity index (χ3n) is 2.81. The van der Waals surface area contributed by atoms with Gasteiger partial charge in [-0.15, -0.1) is 0 Å². The first kappa shape index (κ1) is 9.00. The second kappa shape index (κ2) is 4.09. The van der Waals surface area contributed by atoms with Gasteiger partial charge in [0.15, 0.2) is 0 Å². The minimum atomic E-state index is 0.226. The first-order chi connectivity index (χ1) is 6.34. The average molecular weight is 182 g/mol. The molecule has 3 nitrogen and oxygen atoms in total. The topological polar surface area (TPSA) is 32.3 Å². The monoisotopic (exact) mass is 182 g/mol. The van der Waals surface area contributed by atoms with Gasteiger partial charge in [-0.25, -0.2) is 5.01 Å². The van der Waals surface area contributed by atoms with Crippen LogP contribution < -0.4 is 5.43 Å². The lowest BCUT2D eigenvalue weighted by Crippen LogP contribution is -2.45. The van der Waals surface area contributed by atoms with Gasteiger partial charge in [-0.1, -0.05) is 6.42 Å². The van der Waals surface area contributed by atoms with Crippen LogP contribution >= 0.6 is 0 Å². The summed E-state index contributed by atoms with van der Waals surface area (Å²) in [5, 5.41) is 2.08. The van der Waals surface area contributed by atoms with Crippen molar-refractivity contribution in [2.45, 2.75) is 38.5 Å². The molecule has 74 valence electrons. The highest BCUT2D eigenvalue weighted by Gasteiger charge is 2.25. The third kappa shape index (κ3) is 2.99. The molecule has 0 spiro atoms. The van der Waals surface area contributed by atoms with E-state index in [1.807, 2.05) is 0 Å². The second-order valence-corrected chi connectivity index (χ2v) is 4.23. The van der Waals surface area contributed by atoms with E-state index >= 15 is 0 Å². The van der Waals surface area contributed by atoms with Gasteiger partial charge in [0.1, 0.15) is 0 Å². The lowest BCUT2D eigenvalue weighted by atomic mass is 10.2. The molecule has 1 aliphatic carbocycles. The molecule has 1 amide bonds. The quantitative estimate of drug-likeness (QED) is 0.713. The number of nitrogens with zero attached hydrogens (tertiary/aromatic N) is 1. The van der Waals surface area contributed by atoms with E-state index in [0.29, 0.717) is 5.92 Å². The summed E-state index contributed by atoms with van der Waals surface area (Å²) in [5.41, 5.74) is 2.98. The largest absolute Gasteiger partial charge is 0.289 e. The van der Waals surface area contributed by atoms with Crippen molar-refractivity contribution in [2.24, 2.45) is 5.92 Å². The molecule has 13 heavy (non-hydrogen) atoms. The van der Waals surface area contributed by atoms with Crippen LogP contribution in [0.2, 0.25) is 0 Å². The van der Waals surface area contributed by atoms with E-state index in [1.54, 1.807) is 0 Å². The van der Waals surface area contributed by atoms with Gasteiger partial charge < -0.3 is 0 Å². The standard InChI is InChI=1S/C10H18N2O/c13-10(8-9-4-5-9)11-12-6-2-1-3-7-12/h9H,1-8H2,(H,11,13). The number of carbonyl (C=O) groups is 1. The lowest BCUT2D eigenvalue weighted by Gasteiger charge is -2.26. The van der Waals surface area contributed by atoms with Crippen molar-refractivity contribution < 1.29 is 4.79 Å². The highest BCUT2D eigenvalue weighted by atomic mass is 16.2. The lowest BCUT2D eigenvalue weighted by molar-refractivity contribution is -0.126. The van der Waals surface area contributed by atoms with Gasteiger partial charge >= 0.3 is 0 Å². The fourth-order valence-electron chi connectivity index (χ4n) is 1.81. The van der Waals surface area contributed by atoms with Crippen molar-refractivity contribution in [1.29, 1.82) is 0 Å². The van der Waals surface area contributed by atoms with Crippen LogP contribution in [0.15, 0.2) is 0 Å². The van der Waals surface area contributed by atoms with Crippen LogP contribution in [0.4, 0.5) is 0 Å². The summed E-state index contributed by atoms with van der Waals surface area (Å²) in [4.78, 5) is 11.4. The minimum Gasteiger partial charge on any atom is -0.289 e. The van der Waals surface area contributed by atoms with Crippen LogP contribution in [0.1, 0.15) is 38.5 Å². The Balaban J connectivity index is 1.66. The predicted octanol–water partition coefficient (Wildman–Crippen LogP) is 1.30. The maximum Gasteiger partial charge on any atom is 0.234 e. The maximum atomic E-state index is 11.4. The molecule has 1 saturated heterocycles. The fraction of sp³-hybridized carbons (Fsp3) is 0.900. The zero-order chi connectivity index (χ0) is 9.10. The smallest absolute Gasteiger partial charge is 0.234 e. The number of hydrogen-bond acceptors (Lipinski definition) is 2. The Morgan fingerprint density at radius 1 is 1.23 bits per heavy atom. The molecule has 1 heterocycles. The average Bonchev–Trinajstić information content (AvgIpc) is 2.90. The Morgan fingerprint density at radius 3 is 2.54 bits per heavy atom. The SMILES string of the molecule is O=C(CC1CC1)NN1CCCCC1. The zero-order valence-electron chi connectivity index (χ0n) is 8.09. The summed E-state index contributed by atoms with van der Waals surface area (Å²) in [5.74, 6) is 0.925. The molecule has 0 radical (unpaired) electrons. The Bertz CT molecular complexity index is 183. The number of nitrogens with one attached hydrogen (secondary N) is 1. The number of hydrogen-bond donors (Lipinski definition) is 1. The summed E-state index contributed by atoms with van der Waals surface area (Å²) < 4.78 is 0. The van der Waals surface area contributed by atoms with Crippen LogP contribution in [0, 0.1) is 5.92 Å². The highest BCUT2D eigenvalue weighted by Crippen LogP contribution is 2.32. The molecule has 1 aliphatic heterocycles. The van der Waals surface area contributed by atoms with Gasteiger partial charge in [0.25, 0.3) is 0 Å². The molecule has 0 aromatic rings. The van der Waals surface area contributed by atoms with E-state index in [-0.39, 0.29) is 5.91 Å². The van der Waals surface area contributed by atoms with Crippen LogP contribution in [-0.4, -0.2) is 24.0 Å². The van der Waals surface area contributed by atoms with Crippen LogP contribution in [0.5, 0.6) is 0 Å². The van der Waals surface area contributed by atoms with Gasteiger partial charge in [-0.3, -0.25) is 10.2 Å². The predicted molar refractivity (Wildman–Crippen MR) is 50.9 cm³/mol. The van der Waals surface area contributed by atoms with Crippen LogP contribution in [0.3, 0.4) is 0 Å². The van der Waals surface area contributed by atoms with Crippen molar-refractivity contribution >= 4 is 5.91 Å². The summed E-state index contributed by atoms with van der Waals surface area (Å²) in [6.07, 6.45) is 7.03. The van der Waals surface area contributed by atoms with E-state index in [2.05, 4.69) is 10.4 Å². The molecule has 0 bridgehead atoms. The molecular formula is C10H18N2O. The Kier molecular flexibility index (Phi) is 2.83. The molecule has 0 atom stereocenters. The van der Waals surface area contributed by atoms with Crippen molar-refractivity contribution in [3.63, 3.8) is 0 Å². The molecule has 2 aliphatic rings. The second-order valence-electron chi connectivity index (χ2n) is 4.23. The van der Waals surface area contributed by atoms with Crippen LogP contribution in [0.25, 0.3) is 0 Å². The number of piperidine rings is 1. The van der Waals surface area contributed by atoms with Gasteiger partial charge in [0, 0.05) is 19.5 Å². The van der Waals surface area contributed by atoms with E-state index in [0.717, 1.165) is 19.5 Å². The first-order valence-electron chi connectivity index (χ1n) is 5.39. The molecular weight excluding hydrogens is 164 g/mol. The van der Waals surface area contributed by atoms with Crippen molar-refractivity contribution in [3.8, 4) is 0 Å². The van der Waals surface area contributed by atoms with Crippen molar-refractivity contribution in [3.05, 3.63) is 0 Å². The van der Waals surface area contributed by atoms with Gasteiger partial charge in [-0.05, 0) is 31.6 Å².